The zero-order valence-corrected chi connectivity index (χ0v) is 10.4. The van der Waals surface area contributed by atoms with Crippen LogP contribution in [0.1, 0.15) is 22.4 Å². The highest BCUT2D eigenvalue weighted by Gasteiger charge is 2.08. The highest BCUT2D eigenvalue weighted by atomic mass is 32.1. The lowest BCUT2D eigenvalue weighted by Crippen LogP contribution is -2.08. The van der Waals surface area contributed by atoms with Gasteiger partial charge in [-0.05, 0) is 6.92 Å². The Hall–Kier alpha value is -1.31. The van der Waals surface area contributed by atoms with E-state index < -0.39 is 0 Å². The summed E-state index contributed by atoms with van der Waals surface area (Å²) in [6, 6.07) is 0. The third kappa shape index (κ3) is 3.58. The molecule has 2 rings (SSSR count). The minimum Gasteiger partial charge on any atom is -0.370 e. The molecule has 0 aliphatic carbocycles. The van der Waals surface area contributed by atoms with E-state index in [-0.39, 0.29) is 0 Å². The number of rotatable bonds is 6. The van der Waals surface area contributed by atoms with Crippen LogP contribution < -0.4 is 5.73 Å². The first kappa shape index (κ1) is 12.2. The SMILES string of the molecule is Cc1nc(Cc2noc(COCCN)n2)cs1. The first-order valence-corrected chi connectivity index (χ1v) is 6.16. The summed E-state index contributed by atoms with van der Waals surface area (Å²) in [6.07, 6.45) is 0.588. The maximum absolute atomic E-state index is 5.30. The van der Waals surface area contributed by atoms with Crippen LogP contribution in [0.5, 0.6) is 0 Å². The molecule has 0 saturated heterocycles. The van der Waals surface area contributed by atoms with E-state index >= 15 is 0 Å². The molecule has 0 fully saturated rings. The first-order chi connectivity index (χ1) is 8.28. The fraction of sp³-hybridized carbons (Fsp3) is 0.500. The number of hydrogen-bond acceptors (Lipinski definition) is 7. The number of nitrogens with zero attached hydrogens (tertiary/aromatic N) is 3. The molecule has 17 heavy (non-hydrogen) atoms. The lowest BCUT2D eigenvalue weighted by molar-refractivity contribution is 0.104. The molecule has 2 aromatic rings. The van der Waals surface area contributed by atoms with Gasteiger partial charge in [-0.3, -0.25) is 0 Å². The molecule has 0 aliphatic heterocycles. The van der Waals surface area contributed by atoms with Crippen LogP contribution in [0.4, 0.5) is 0 Å². The average molecular weight is 254 g/mol. The van der Waals surface area contributed by atoms with Gasteiger partial charge in [-0.25, -0.2) is 4.98 Å². The molecule has 0 bridgehead atoms. The van der Waals surface area contributed by atoms with Gasteiger partial charge in [0.15, 0.2) is 5.82 Å². The third-order valence-corrected chi connectivity index (χ3v) is 2.83. The van der Waals surface area contributed by atoms with Crippen molar-refractivity contribution in [1.29, 1.82) is 0 Å². The second-order valence-corrected chi connectivity index (χ2v) is 4.54. The zero-order valence-electron chi connectivity index (χ0n) is 9.55. The molecule has 0 saturated carbocycles. The van der Waals surface area contributed by atoms with Crippen molar-refractivity contribution in [2.75, 3.05) is 13.2 Å². The molecule has 0 atom stereocenters. The summed E-state index contributed by atoms with van der Waals surface area (Å²) in [5, 5.41) is 6.90. The van der Waals surface area contributed by atoms with Crippen molar-refractivity contribution in [3.05, 3.63) is 27.8 Å². The van der Waals surface area contributed by atoms with Crippen LogP contribution >= 0.6 is 11.3 Å². The summed E-state index contributed by atoms with van der Waals surface area (Å²) in [5.74, 6) is 1.10. The van der Waals surface area contributed by atoms with Crippen LogP contribution in [0.15, 0.2) is 9.90 Å². The van der Waals surface area contributed by atoms with Crippen LogP contribution in [-0.4, -0.2) is 28.3 Å². The minimum atomic E-state index is 0.306. The van der Waals surface area contributed by atoms with Crippen molar-refractivity contribution in [3.8, 4) is 0 Å². The molecular weight excluding hydrogens is 240 g/mol. The number of hydrogen-bond donors (Lipinski definition) is 1. The molecule has 2 aromatic heterocycles. The Balaban J connectivity index is 1.89. The Labute approximate surface area is 103 Å². The quantitative estimate of drug-likeness (QED) is 0.771. The van der Waals surface area contributed by atoms with Crippen LogP contribution in [0.2, 0.25) is 0 Å². The maximum atomic E-state index is 5.30. The van der Waals surface area contributed by atoms with Gasteiger partial charge in [0.05, 0.1) is 23.7 Å². The molecule has 6 nitrogen and oxygen atoms in total. The Morgan fingerprint density at radius 1 is 1.47 bits per heavy atom. The van der Waals surface area contributed by atoms with E-state index in [1.165, 1.54) is 0 Å². The lowest BCUT2D eigenvalue weighted by Gasteiger charge is -1.95. The van der Waals surface area contributed by atoms with Gasteiger partial charge in [-0.2, -0.15) is 4.98 Å². The summed E-state index contributed by atoms with van der Waals surface area (Å²) >= 11 is 1.61. The number of ether oxygens (including phenoxy) is 1. The Morgan fingerprint density at radius 2 is 2.35 bits per heavy atom. The standard InChI is InChI=1S/C10H14N4O2S/c1-7-12-8(6-17-7)4-9-13-10(16-14-9)5-15-3-2-11/h6H,2-5,11H2,1H3. The van der Waals surface area contributed by atoms with Crippen molar-refractivity contribution in [2.24, 2.45) is 5.73 Å². The molecular formula is C10H14N4O2S. The number of nitrogens with two attached hydrogens (primary N) is 1. The molecule has 92 valence electrons. The summed E-state index contributed by atoms with van der Waals surface area (Å²) in [5.41, 5.74) is 6.26. The molecule has 0 amide bonds. The summed E-state index contributed by atoms with van der Waals surface area (Å²) in [7, 11) is 0. The van der Waals surface area contributed by atoms with Crippen molar-refractivity contribution in [1.82, 2.24) is 15.1 Å². The van der Waals surface area contributed by atoms with E-state index in [4.69, 9.17) is 15.0 Å². The van der Waals surface area contributed by atoms with Crippen molar-refractivity contribution < 1.29 is 9.26 Å². The van der Waals surface area contributed by atoms with Gasteiger partial charge in [0, 0.05) is 11.9 Å². The molecule has 7 heteroatoms. The smallest absolute Gasteiger partial charge is 0.252 e. The zero-order chi connectivity index (χ0) is 12.1. The van der Waals surface area contributed by atoms with E-state index in [9.17, 15) is 0 Å². The summed E-state index contributed by atoms with van der Waals surface area (Å²) in [6.45, 7) is 3.25. The molecule has 0 spiro atoms. The molecule has 2 heterocycles. The monoisotopic (exact) mass is 254 g/mol. The molecule has 0 aliphatic rings. The van der Waals surface area contributed by atoms with Crippen molar-refractivity contribution in [3.63, 3.8) is 0 Å². The molecule has 0 aromatic carbocycles. The Kier molecular flexibility index (Phi) is 4.18. The predicted octanol–water partition coefficient (Wildman–Crippen LogP) is 0.901. The number of thiazole rings is 1. The Bertz CT molecular complexity index is 468. The second-order valence-electron chi connectivity index (χ2n) is 3.48. The van der Waals surface area contributed by atoms with Gasteiger partial charge in [0.2, 0.25) is 0 Å². The number of aromatic nitrogens is 3. The molecule has 0 radical (unpaired) electrons. The molecule has 0 unspecified atom stereocenters. The van der Waals surface area contributed by atoms with E-state index in [1.807, 2.05) is 12.3 Å². The third-order valence-electron chi connectivity index (χ3n) is 2.00. The first-order valence-electron chi connectivity index (χ1n) is 5.28. The normalized spacial score (nSPS) is 10.9. The topological polar surface area (TPSA) is 87.1 Å². The highest BCUT2D eigenvalue weighted by Crippen LogP contribution is 2.11. The van der Waals surface area contributed by atoms with E-state index in [2.05, 4.69) is 15.1 Å². The van der Waals surface area contributed by atoms with Gasteiger partial charge in [0.1, 0.15) is 6.61 Å². The summed E-state index contributed by atoms with van der Waals surface area (Å²) in [4.78, 5) is 8.55. The van der Waals surface area contributed by atoms with Crippen molar-refractivity contribution in [2.45, 2.75) is 20.0 Å². The van der Waals surface area contributed by atoms with Crippen molar-refractivity contribution >= 4 is 11.3 Å². The van der Waals surface area contributed by atoms with Crippen LogP contribution in [0.25, 0.3) is 0 Å². The fourth-order valence-corrected chi connectivity index (χ4v) is 1.93. The van der Waals surface area contributed by atoms with Gasteiger partial charge in [-0.15, -0.1) is 11.3 Å². The highest BCUT2D eigenvalue weighted by molar-refractivity contribution is 7.09. The summed E-state index contributed by atoms with van der Waals surface area (Å²) < 4.78 is 10.2. The number of aryl methyl sites for hydroxylation is 1. The molecule has 2 N–H and O–H groups in total. The van der Waals surface area contributed by atoms with Gasteiger partial charge < -0.3 is 15.0 Å². The van der Waals surface area contributed by atoms with Crippen LogP contribution in [-0.2, 0) is 17.8 Å². The van der Waals surface area contributed by atoms with Gasteiger partial charge >= 0.3 is 0 Å². The predicted molar refractivity (Wildman–Crippen MR) is 62.7 cm³/mol. The van der Waals surface area contributed by atoms with Gasteiger partial charge in [-0.1, -0.05) is 5.16 Å². The van der Waals surface area contributed by atoms with Gasteiger partial charge in [0.25, 0.3) is 5.89 Å². The van der Waals surface area contributed by atoms with Crippen LogP contribution in [0.3, 0.4) is 0 Å². The minimum absolute atomic E-state index is 0.306. The largest absolute Gasteiger partial charge is 0.370 e. The fourth-order valence-electron chi connectivity index (χ4n) is 1.31. The van der Waals surface area contributed by atoms with E-state index in [0.29, 0.717) is 37.9 Å². The van der Waals surface area contributed by atoms with E-state index in [0.717, 1.165) is 10.7 Å². The van der Waals surface area contributed by atoms with E-state index in [1.54, 1.807) is 11.3 Å². The van der Waals surface area contributed by atoms with Crippen LogP contribution in [0, 0.1) is 6.92 Å². The average Bonchev–Trinajstić information content (AvgIpc) is 2.90. The Morgan fingerprint density at radius 3 is 3.06 bits per heavy atom. The lowest BCUT2D eigenvalue weighted by atomic mass is 10.3. The second kappa shape index (κ2) is 5.85. The maximum Gasteiger partial charge on any atom is 0.252 e.